The van der Waals surface area contributed by atoms with E-state index in [0.717, 1.165) is 22.6 Å². The first-order valence-corrected chi connectivity index (χ1v) is 9.30. The summed E-state index contributed by atoms with van der Waals surface area (Å²) in [6.07, 6.45) is 0.402. The van der Waals surface area contributed by atoms with Crippen molar-refractivity contribution in [2.45, 2.75) is 32.8 Å². The summed E-state index contributed by atoms with van der Waals surface area (Å²) in [4.78, 5) is 23.2. The maximum atomic E-state index is 12.3. The molecule has 1 aromatic heterocycles. The average molecular weight is 387 g/mol. The van der Waals surface area contributed by atoms with E-state index in [-0.39, 0.29) is 18.4 Å². The molecule has 8 heteroatoms. The van der Waals surface area contributed by atoms with Crippen molar-refractivity contribution in [1.82, 2.24) is 15.1 Å². The fourth-order valence-corrected chi connectivity index (χ4v) is 3.24. The van der Waals surface area contributed by atoms with Gasteiger partial charge in [-0.1, -0.05) is 0 Å². The van der Waals surface area contributed by atoms with Crippen LogP contribution in [0.25, 0.3) is 5.69 Å². The lowest BCUT2D eigenvalue weighted by Crippen LogP contribution is -2.39. The number of hydrogen-bond acceptors (Lipinski definition) is 5. The molecule has 0 saturated carbocycles. The van der Waals surface area contributed by atoms with Crippen molar-refractivity contribution in [2.24, 2.45) is 0 Å². The Morgan fingerprint density at radius 2 is 2.00 bits per heavy atom. The van der Waals surface area contributed by atoms with Gasteiger partial charge in [-0.15, -0.1) is 0 Å². The summed E-state index contributed by atoms with van der Waals surface area (Å²) in [6, 6.07) is 7.15. The molecule has 2 heterocycles. The maximum Gasteiger partial charge on any atom is 0.303 e. The molecule has 1 unspecified atom stereocenters. The second-order valence-electron chi connectivity index (χ2n) is 6.78. The third-order valence-corrected chi connectivity index (χ3v) is 4.78. The number of rotatable bonds is 7. The second kappa shape index (κ2) is 8.99. The molecule has 2 aromatic rings. The quantitative estimate of drug-likeness (QED) is 0.749. The number of carbonyl (C=O) groups excluding carboxylic acids is 1. The van der Waals surface area contributed by atoms with Crippen LogP contribution in [0.3, 0.4) is 0 Å². The molecule has 1 atom stereocenters. The van der Waals surface area contributed by atoms with E-state index >= 15 is 0 Å². The van der Waals surface area contributed by atoms with Crippen LogP contribution >= 0.6 is 0 Å². The maximum absolute atomic E-state index is 12.3. The molecule has 2 N–H and O–H groups in total. The van der Waals surface area contributed by atoms with Crippen LogP contribution in [0.1, 0.15) is 33.7 Å². The zero-order valence-electron chi connectivity index (χ0n) is 16.1. The van der Waals surface area contributed by atoms with Crippen LogP contribution in [0, 0.1) is 13.8 Å². The normalized spacial score (nSPS) is 16.7. The Bertz CT molecular complexity index is 838. The van der Waals surface area contributed by atoms with E-state index in [1.54, 1.807) is 16.8 Å². The Morgan fingerprint density at radius 1 is 1.25 bits per heavy atom. The van der Waals surface area contributed by atoms with E-state index in [4.69, 9.17) is 14.6 Å². The van der Waals surface area contributed by atoms with E-state index in [2.05, 4.69) is 10.4 Å². The molecule has 1 aliphatic rings. The van der Waals surface area contributed by atoms with E-state index in [1.807, 2.05) is 26.0 Å². The van der Waals surface area contributed by atoms with Crippen LogP contribution in [0.15, 0.2) is 24.3 Å². The molecule has 1 saturated heterocycles. The SMILES string of the molecule is Cc1nn(-c2ccc(C(=O)NCC3COCCO3)cc2)c(C)c1CCC(=O)O. The Labute approximate surface area is 163 Å². The fraction of sp³-hybridized carbons (Fsp3) is 0.450. The zero-order valence-corrected chi connectivity index (χ0v) is 16.1. The van der Waals surface area contributed by atoms with Crippen LogP contribution in [0.4, 0.5) is 0 Å². The molecule has 0 bridgehead atoms. The van der Waals surface area contributed by atoms with E-state index in [0.29, 0.717) is 38.3 Å². The summed E-state index contributed by atoms with van der Waals surface area (Å²) in [5.41, 5.74) is 4.04. The van der Waals surface area contributed by atoms with Crippen LogP contribution in [0.2, 0.25) is 0 Å². The first-order chi connectivity index (χ1) is 13.5. The molecule has 3 rings (SSSR count). The van der Waals surface area contributed by atoms with Crippen molar-refractivity contribution < 1.29 is 24.2 Å². The number of nitrogens with one attached hydrogen (secondary N) is 1. The number of carboxylic acid groups (broad SMARTS) is 1. The van der Waals surface area contributed by atoms with E-state index in [1.165, 1.54) is 0 Å². The van der Waals surface area contributed by atoms with Gasteiger partial charge in [0.15, 0.2) is 0 Å². The number of carboxylic acids is 1. The minimum atomic E-state index is -0.827. The Kier molecular flexibility index (Phi) is 6.43. The number of benzene rings is 1. The number of hydrogen-bond donors (Lipinski definition) is 2. The van der Waals surface area contributed by atoms with Gasteiger partial charge in [0.2, 0.25) is 0 Å². The number of aryl methyl sites for hydroxylation is 1. The Morgan fingerprint density at radius 3 is 2.64 bits per heavy atom. The third-order valence-electron chi connectivity index (χ3n) is 4.78. The summed E-state index contributed by atoms with van der Waals surface area (Å²) >= 11 is 0. The molecular weight excluding hydrogens is 362 g/mol. The number of ether oxygens (including phenoxy) is 2. The second-order valence-corrected chi connectivity index (χ2v) is 6.78. The minimum Gasteiger partial charge on any atom is -0.481 e. The lowest BCUT2D eigenvalue weighted by Gasteiger charge is -2.23. The van der Waals surface area contributed by atoms with Gasteiger partial charge in [0.25, 0.3) is 5.91 Å². The highest BCUT2D eigenvalue weighted by Crippen LogP contribution is 2.20. The van der Waals surface area contributed by atoms with Gasteiger partial charge in [-0.25, -0.2) is 4.68 Å². The van der Waals surface area contributed by atoms with Gasteiger partial charge in [-0.3, -0.25) is 9.59 Å². The molecular formula is C20H25N3O5. The first kappa shape index (κ1) is 20.0. The van der Waals surface area contributed by atoms with Crippen molar-refractivity contribution in [3.8, 4) is 5.69 Å². The average Bonchev–Trinajstić information content (AvgIpc) is 2.99. The fourth-order valence-electron chi connectivity index (χ4n) is 3.24. The number of aromatic nitrogens is 2. The van der Waals surface area contributed by atoms with Gasteiger partial charge in [-0.2, -0.15) is 5.10 Å². The molecule has 8 nitrogen and oxygen atoms in total. The standard InChI is InChI=1S/C20H25N3O5/c1-13-18(7-8-19(24)25)14(2)23(22-13)16-5-3-15(4-6-16)20(26)21-11-17-12-27-9-10-28-17/h3-6,17H,7-12H2,1-2H3,(H,21,26)(H,24,25). The number of amides is 1. The molecule has 0 spiro atoms. The molecule has 1 amide bonds. The Balaban J connectivity index is 1.66. The van der Waals surface area contributed by atoms with Crippen LogP contribution in [-0.2, 0) is 20.7 Å². The minimum absolute atomic E-state index is 0.0717. The largest absolute Gasteiger partial charge is 0.481 e. The summed E-state index contributed by atoms with van der Waals surface area (Å²) in [5.74, 6) is -0.997. The number of carbonyl (C=O) groups is 2. The van der Waals surface area contributed by atoms with Crippen molar-refractivity contribution in [2.75, 3.05) is 26.4 Å². The van der Waals surface area contributed by atoms with Crippen LogP contribution < -0.4 is 5.32 Å². The third kappa shape index (κ3) is 4.76. The highest BCUT2D eigenvalue weighted by molar-refractivity contribution is 5.94. The molecule has 150 valence electrons. The summed E-state index contributed by atoms with van der Waals surface area (Å²) in [5, 5.41) is 16.3. The van der Waals surface area contributed by atoms with E-state index in [9.17, 15) is 9.59 Å². The van der Waals surface area contributed by atoms with Crippen LogP contribution in [-0.4, -0.2) is 59.2 Å². The van der Waals surface area contributed by atoms with Crippen molar-refractivity contribution in [3.63, 3.8) is 0 Å². The lowest BCUT2D eigenvalue weighted by atomic mass is 10.1. The highest BCUT2D eigenvalue weighted by atomic mass is 16.6. The monoisotopic (exact) mass is 387 g/mol. The Hall–Kier alpha value is -2.71. The summed E-state index contributed by atoms with van der Waals surface area (Å²) < 4.78 is 12.6. The van der Waals surface area contributed by atoms with Gasteiger partial charge < -0.3 is 19.9 Å². The molecule has 0 aliphatic carbocycles. The molecule has 1 fully saturated rings. The van der Waals surface area contributed by atoms with Crippen molar-refractivity contribution in [3.05, 3.63) is 46.8 Å². The number of aliphatic carboxylic acids is 1. The zero-order chi connectivity index (χ0) is 20.1. The first-order valence-electron chi connectivity index (χ1n) is 9.30. The molecule has 0 radical (unpaired) electrons. The van der Waals surface area contributed by atoms with Crippen molar-refractivity contribution in [1.29, 1.82) is 0 Å². The van der Waals surface area contributed by atoms with Gasteiger partial charge in [0.1, 0.15) is 0 Å². The molecule has 28 heavy (non-hydrogen) atoms. The van der Waals surface area contributed by atoms with Crippen LogP contribution in [0.5, 0.6) is 0 Å². The topological polar surface area (TPSA) is 103 Å². The predicted molar refractivity (Wildman–Crippen MR) is 102 cm³/mol. The predicted octanol–water partition coefficient (Wildman–Crippen LogP) is 1.65. The van der Waals surface area contributed by atoms with E-state index < -0.39 is 5.97 Å². The smallest absolute Gasteiger partial charge is 0.303 e. The van der Waals surface area contributed by atoms with Gasteiger partial charge in [0, 0.05) is 24.2 Å². The van der Waals surface area contributed by atoms with Gasteiger partial charge in [0.05, 0.1) is 37.3 Å². The number of nitrogens with zero attached hydrogens (tertiary/aromatic N) is 2. The summed E-state index contributed by atoms with van der Waals surface area (Å²) in [7, 11) is 0. The van der Waals surface area contributed by atoms with Crippen molar-refractivity contribution >= 4 is 11.9 Å². The molecule has 1 aliphatic heterocycles. The highest BCUT2D eigenvalue weighted by Gasteiger charge is 2.17. The van der Waals surface area contributed by atoms with Gasteiger partial charge >= 0.3 is 5.97 Å². The summed E-state index contributed by atoms with van der Waals surface area (Å²) in [6.45, 7) is 5.83. The lowest BCUT2D eigenvalue weighted by molar-refractivity contribution is -0.136. The molecule has 1 aromatic carbocycles. The van der Waals surface area contributed by atoms with Gasteiger partial charge in [-0.05, 0) is 50.1 Å².